The summed E-state index contributed by atoms with van der Waals surface area (Å²) in [5.41, 5.74) is -0.298. The molecule has 4 nitrogen and oxygen atoms in total. The Bertz CT molecular complexity index is 652. The quantitative estimate of drug-likeness (QED) is 0.590. The third-order valence-electron chi connectivity index (χ3n) is 2.79. The summed E-state index contributed by atoms with van der Waals surface area (Å²) < 4.78 is 49.4. The summed E-state index contributed by atoms with van der Waals surface area (Å²) in [5, 5.41) is -1.12. The lowest BCUT2D eigenvalue weighted by Crippen LogP contribution is -2.27. The maximum atomic E-state index is 13.7. The smallest absolute Gasteiger partial charge is 0.237 e. The highest BCUT2D eigenvalue weighted by Crippen LogP contribution is 2.31. The zero-order chi connectivity index (χ0) is 14.4. The molecule has 1 aromatic carbocycles. The fourth-order valence-electron chi connectivity index (χ4n) is 1.82. The van der Waals surface area contributed by atoms with Gasteiger partial charge in [0.1, 0.15) is 5.25 Å². The molecule has 0 aliphatic carbocycles. The first-order valence-electron chi connectivity index (χ1n) is 5.09. The number of rotatable bonds is 2. The van der Waals surface area contributed by atoms with Crippen molar-refractivity contribution < 1.29 is 22.0 Å². The van der Waals surface area contributed by atoms with Crippen molar-refractivity contribution in [3.05, 3.63) is 28.2 Å². The van der Waals surface area contributed by atoms with Gasteiger partial charge in [0.05, 0.1) is 10.2 Å². The molecule has 1 saturated heterocycles. The summed E-state index contributed by atoms with van der Waals surface area (Å²) in [7, 11) is 1.25. The summed E-state index contributed by atoms with van der Waals surface area (Å²) in [6, 6.07) is 2.44. The van der Waals surface area contributed by atoms with Crippen LogP contribution in [0.4, 0.5) is 14.5 Å². The van der Waals surface area contributed by atoms with E-state index in [4.69, 9.17) is 10.7 Å². The van der Waals surface area contributed by atoms with Crippen LogP contribution >= 0.6 is 26.6 Å². The lowest BCUT2D eigenvalue weighted by atomic mass is 10.2. The Kier molecular flexibility index (Phi) is 3.85. The van der Waals surface area contributed by atoms with E-state index in [1.54, 1.807) is 0 Å². The maximum absolute atomic E-state index is 13.7. The first-order chi connectivity index (χ1) is 8.71. The number of anilines is 1. The molecule has 104 valence electrons. The summed E-state index contributed by atoms with van der Waals surface area (Å²) >= 11 is 2.81. The van der Waals surface area contributed by atoms with Crippen LogP contribution in [-0.2, 0) is 13.8 Å². The Balaban J connectivity index is 2.39. The third-order valence-corrected chi connectivity index (χ3v) is 5.27. The van der Waals surface area contributed by atoms with E-state index >= 15 is 0 Å². The second-order valence-electron chi connectivity index (χ2n) is 4.00. The van der Waals surface area contributed by atoms with Gasteiger partial charge in [-0.3, -0.25) is 4.79 Å². The Labute approximate surface area is 120 Å². The van der Waals surface area contributed by atoms with Crippen molar-refractivity contribution in [1.82, 2.24) is 0 Å². The van der Waals surface area contributed by atoms with E-state index in [1.165, 1.54) is 12.1 Å². The topological polar surface area (TPSA) is 54.5 Å². The van der Waals surface area contributed by atoms with Gasteiger partial charge in [-0.15, -0.1) is 0 Å². The lowest BCUT2D eigenvalue weighted by molar-refractivity contribution is -0.117. The molecule has 1 atom stereocenters. The molecule has 1 fully saturated rings. The number of halogens is 4. The Hall–Kier alpha value is -0.730. The monoisotopic (exact) mass is 373 g/mol. The molecule has 0 aromatic heterocycles. The van der Waals surface area contributed by atoms with Gasteiger partial charge in [-0.2, -0.15) is 0 Å². The maximum Gasteiger partial charge on any atom is 0.237 e. The number of amides is 1. The normalized spacial score (nSPS) is 20.1. The van der Waals surface area contributed by atoms with Crippen molar-refractivity contribution in [2.24, 2.45) is 0 Å². The van der Waals surface area contributed by atoms with E-state index in [0.29, 0.717) is 0 Å². The fourth-order valence-corrected chi connectivity index (χ4v) is 3.15. The van der Waals surface area contributed by atoms with Crippen LogP contribution < -0.4 is 4.90 Å². The molecular weight excluding hydrogens is 368 g/mol. The van der Waals surface area contributed by atoms with E-state index in [1.807, 2.05) is 0 Å². The predicted octanol–water partition coefficient (Wildman–Crippen LogP) is 2.40. The SMILES string of the molecule is O=C1CC(S(=O)(=O)Cl)CN1c1ccc(Br)c(F)c1F. The van der Waals surface area contributed by atoms with Crippen molar-refractivity contribution in [3.8, 4) is 0 Å². The van der Waals surface area contributed by atoms with Crippen LogP contribution in [-0.4, -0.2) is 26.1 Å². The molecule has 2 rings (SSSR count). The van der Waals surface area contributed by atoms with E-state index in [-0.39, 0.29) is 23.1 Å². The number of hydrogen-bond acceptors (Lipinski definition) is 3. The van der Waals surface area contributed by atoms with Gasteiger partial charge < -0.3 is 4.90 Å². The van der Waals surface area contributed by atoms with Crippen molar-refractivity contribution in [2.75, 3.05) is 11.4 Å². The van der Waals surface area contributed by atoms with E-state index in [2.05, 4.69) is 15.9 Å². The molecule has 1 heterocycles. The summed E-state index contributed by atoms with van der Waals surface area (Å²) in [4.78, 5) is 12.6. The van der Waals surface area contributed by atoms with Crippen molar-refractivity contribution >= 4 is 47.3 Å². The molecule has 1 unspecified atom stereocenters. The van der Waals surface area contributed by atoms with E-state index < -0.39 is 31.8 Å². The molecule has 19 heavy (non-hydrogen) atoms. The number of hydrogen-bond donors (Lipinski definition) is 0. The molecule has 0 saturated carbocycles. The van der Waals surface area contributed by atoms with Crippen LogP contribution in [0.25, 0.3) is 0 Å². The average molecular weight is 375 g/mol. The molecule has 1 aromatic rings. The van der Waals surface area contributed by atoms with Crippen LogP contribution in [0.15, 0.2) is 16.6 Å². The highest BCUT2D eigenvalue weighted by molar-refractivity contribution is 9.10. The van der Waals surface area contributed by atoms with Crippen LogP contribution in [0.2, 0.25) is 0 Å². The Morgan fingerprint density at radius 3 is 2.47 bits per heavy atom. The van der Waals surface area contributed by atoms with Crippen molar-refractivity contribution in [3.63, 3.8) is 0 Å². The Morgan fingerprint density at radius 1 is 1.32 bits per heavy atom. The molecular formula is C10H7BrClF2NO3S. The molecule has 9 heteroatoms. The van der Waals surface area contributed by atoms with E-state index in [9.17, 15) is 22.0 Å². The van der Waals surface area contributed by atoms with Crippen LogP contribution in [0.1, 0.15) is 6.42 Å². The number of benzene rings is 1. The van der Waals surface area contributed by atoms with Crippen molar-refractivity contribution in [1.29, 1.82) is 0 Å². The van der Waals surface area contributed by atoms with Gasteiger partial charge in [0.25, 0.3) is 0 Å². The highest BCUT2D eigenvalue weighted by atomic mass is 79.9. The first-order valence-corrected chi connectivity index (χ1v) is 8.25. The number of carbonyl (C=O) groups is 1. The standard InChI is InChI=1S/C10H7BrClF2NO3S/c11-6-1-2-7(10(14)9(6)13)15-4-5(3-8(15)16)19(12,17)18/h1-2,5H,3-4H2. The molecule has 1 aliphatic rings. The van der Waals surface area contributed by atoms with Crippen molar-refractivity contribution in [2.45, 2.75) is 11.7 Å². The zero-order valence-corrected chi connectivity index (χ0v) is 12.4. The van der Waals surface area contributed by atoms with Gasteiger partial charge in [-0.1, -0.05) is 0 Å². The predicted molar refractivity (Wildman–Crippen MR) is 69.6 cm³/mol. The third kappa shape index (κ3) is 2.75. The van der Waals surface area contributed by atoms with Gasteiger partial charge in [-0.25, -0.2) is 17.2 Å². The number of nitrogens with zero attached hydrogens (tertiary/aromatic N) is 1. The zero-order valence-electron chi connectivity index (χ0n) is 9.24. The fraction of sp³-hybridized carbons (Fsp3) is 0.300. The van der Waals surface area contributed by atoms with Gasteiger partial charge in [-0.05, 0) is 28.1 Å². The van der Waals surface area contributed by atoms with Crippen LogP contribution in [0.5, 0.6) is 0 Å². The summed E-state index contributed by atoms with van der Waals surface area (Å²) in [6.07, 6.45) is -0.344. The van der Waals surface area contributed by atoms with Gasteiger partial charge in [0, 0.05) is 23.6 Å². The molecule has 0 spiro atoms. The minimum absolute atomic E-state index is 0.0816. The van der Waals surface area contributed by atoms with Gasteiger partial charge >= 0.3 is 0 Å². The highest BCUT2D eigenvalue weighted by Gasteiger charge is 2.39. The van der Waals surface area contributed by atoms with Crippen LogP contribution in [0, 0.1) is 11.6 Å². The molecule has 0 N–H and O–H groups in total. The molecule has 1 amide bonds. The summed E-state index contributed by atoms with van der Waals surface area (Å²) in [6.45, 7) is -0.289. The Morgan fingerprint density at radius 2 is 1.95 bits per heavy atom. The lowest BCUT2D eigenvalue weighted by Gasteiger charge is -2.17. The van der Waals surface area contributed by atoms with Gasteiger partial charge in [0.15, 0.2) is 11.6 Å². The largest absolute Gasteiger partial charge is 0.308 e. The first kappa shape index (κ1) is 14.7. The van der Waals surface area contributed by atoms with E-state index in [0.717, 1.165) is 4.90 Å². The molecule has 0 bridgehead atoms. The minimum atomic E-state index is -3.92. The molecule has 0 radical (unpaired) electrons. The second-order valence-corrected chi connectivity index (χ2v) is 7.76. The second kappa shape index (κ2) is 4.99. The van der Waals surface area contributed by atoms with Gasteiger partial charge in [0.2, 0.25) is 15.0 Å². The number of carbonyl (C=O) groups excluding carboxylic acids is 1. The van der Waals surface area contributed by atoms with Crippen LogP contribution in [0.3, 0.4) is 0 Å². The minimum Gasteiger partial charge on any atom is -0.308 e. The average Bonchev–Trinajstić information content (AvgIpc) is 2.68. The molecule has 1 aliphatic heterocycles. The summed E-state index contributed by atoms with van der Waals surface area (Å²) in [5.74, 6) is -2.97.